The first kappa shape index (κ1) is 25.2. The molecule has 9 heteroatoms. The molecule has 6 nitrogen and oxygen atoms in total. The standard InChI is InChI=1S/C21H22Cl3N3O3.C2H6/c1-20(2,28)30-21(3)10-17(27-7-6-13-18(24)25-11-26-19(13)27)29-16(21)9-12-4-5-14(22)15(23)8-12;1-2/h4-8,11,16-17,28H,9-10H2,1-3H3;1-2H3. The van der Waals surface area contributed by atoms with E-state index in [0.29, 0.717) is 33.7 Å². The fourth-order valence-electron chi connectivity index (χ4n) is 4.02. The third-order valence-corrected chi connectivity index (χ3v) is 6.28. The molecule has 1 N–H and O–H groups in total. The highest BCUT2D eigenvalue weighted by Crippen LogP contribution is 2.44. The van der Waals surface area contributed by atoms with Crippen molar-refractivity contribution in [3.63, 3.8) is 0 Å². The lowest BCUT2D eigenvalue weighted by atomic mass is 9.91. The fraction of sp³-hybridized carbons (Fsp3) is 0.478. The van der Waals surface area contributed by atoms with Crippen LogP contribution < -0.4 is 0 Å². The van der Waals surface area contributed by atoms with Crippen molar-refractivity contribution in [1.29, 1.82) is 0 Å². The second kappa shape index (κ2) is 9.84. The molecule has 3 heterocycles. The number of benzene rings is 1. The number of hydrogen-bond acceptors (Lipinski definition) is 5. The Kier molecular flexibility index (Phi) is 7.75. The van der Waals surface area contributed by atoms with E-state index in [1.54, 1.807) is 19.9 Å². The zero-order valence-corrected chi connectivity index (χ0v) is 21.0. The lowest BCUT2D eigenvalue weighted by molar-refractivity contribution is -0.251. The van der Waals surface area contributed by atoms with Crippen LogP contribution in [0, 0.1) is 0 Å². The smallest absolute Gasteiger partial charge is 0.160 e. The van der Waals surface area contributed by atoms with Crippen molar-refractivity contribution in [2.75, 3.05) is 0 Å². The number of hydrogen-bond donors (Lipinski definition) is 1. The van der Waals surface area contributed by atoms with Crippen LogP contribution in [0.15, 0.2) is 36.8 Å². The Bertz CT molecular complexity index is 1080. The average Bonchev–Trinajstić information content (AvgIpc) is 3.27. The Labute approximate surface area is 203 Å². The van der Waals surface area contributed by atoms with E-state index in [-0.39, 0.29) is 12.3 Å². The van der Waals surface area contributed by atoms with Gasteiger partial charge >= 0.3 is 0 Å². The average molecular weight is 501 g/mol. The summed E-state index contributed by atoms with van der Waals surface area (Å²) in [5.41, 5.74) is 0.881. The van der Waals surface area contributed by atoms with Crippen LogP contribution in [-0.4, -0.2) is 37.1 Å². The maximum absolute atomic E-state index is 10.4. The minimum atomic E-state index is -1.33. The molecule has 1 aliphatic rings. The van der Waals surface area contributed by atoms with Crippen molar-refractivity contribution in [3.05, 3.63) is 57.6 Å². The number of nitrogens with zero attached hydrogens (tertiary/aromatic N) is 3. The minimum absolute atomic E-state index is 0.346. The van der Waals surface area contributed by atoms with E-state index in [9.17, 15) is 5.11 Å². The molecule has 0 radical (unpaired) electrons. The molecule has 32 heavy (non-hydrogen) atoms. The first-order valence-corrected chi connectivity index (χ1v) is 11.7. The summed E-state index contributed by atoms with van der Waals surface area (Å²) < 4.78 is 14.4. The highest BCUT2D eigenvalue weighted by Gasteiger charge is 2.49. The molecule has 2 aromatic heterocycles. The third-order valence-electron chi connectivity index (χ3n) is 5.24. The van der Waals surface area contributed by atoms with Gasteiger partial charge in [-0.3, -0.25) is 0 Å². The van der Waals surface area contributed by atoms with E-state index in [4.69, 9.17) is 44.3 Å². The molecule has 0 aliphatic carbocycles. The Hall–Kier alpha value is -1.41. The maximum atomic E-state index is 10.4. The molecular formula is C23H28Cl3N3O3. The number of aliphatic hydroxyl groups is 1. The van der Waals surface area contributed by atoms with E-state index in [1.807, 2.05) is 49.7 Å². The van der Waals surface area contributed by atoms with Crippen molar-refractivity contribution in [3.8, 4) is 0 Å². The Morgan fingerprint density at radius 2 is 1.91 bits per heavy atom. The molecule has 3 atom stereocenters. The lowest BCUT2D eigenvalue weighted by Gasteiger charge is -2.35. The van der Waals surface area contributed by atoms with Crippen molar-refractivity contribution in [2.24, 2.45) is 0 Å². The SMILES string of the molecule is CC.CC(C)(O)OC1(C)CC(n2ccc3c(Cl)ncnc32)OC1Cc1ccc(Cl)c(Cl)c1. The number of fused-ring (bicyclic) bond motifs is 1. The van der Waals surface area contributed by atoms with Gasteiger partial charge in [-0.1, -0.05) is 54.7 Å². The zero-order chi connectivity index (χ0) is 23.7. The minimum Gasteiger partial charge on any atom is -0.366 e. The fourth-order valence-corrected chi connectivity index (χ4v) is 4.53. The summed E-state index contributed by atoms with van der Waals surface area (Å²) in [5.74, 6) is -1.33. The van der Waals surface area contributed by atoms with Crippen LogP contribution >= 0.6 is 34.8 Å². The van der Waals surface area contributed by atoms with E-state index in [2.05, 4.69) is 9.97 Å². The van der Waals surface area contributed by atoms with Gasteiger partial charge in [0.2, 0.25) is 0 Å². The number of rotatable bonds is 5. The lowest BCUT2D eigenvalue weighted by Crippen LogP contribution is -2.45. The molecule has 1 aromatic carbocycles. The van der Waals surface area contributed by atoms with Crippen molar-refractivity contribution in [1.82, 2.24) is 14.5 Å². The van der Waals surface area contributed by atoms with E-state index in [1.165, 1.54) is 6.33 Å². The molecule has 0 spiro atoms. The Morgan fingerprint density at radius 1 is 1.19 bits per heavy atom. The number of halogens is 3. The molecule has 0 amide bonds. The summed E-state index contributed by atoms with van der Waals surface area (Å²) in [6.45, 7) is 9.17. The van der Waals surface area contributed by atoms with E-state index < -0.39 is 11.4 Å². The molecule has 3 unspecified atom stereocenters. The van der Waals surface area contributed by atoms with Crippen LogP contribution in [0.4, 0.5) is 0 Å². The molecule has 3 aromatic rings. The quantitative estimate of drug-likeness (QED) is 0.322. The normalized spacial score (nSPS) is 23.3. The van der Waals surface area contributed by atoms with Crippen LogP contribution in [0.1, 0.15) is 52.8 Å². The predicted octanol–water partition coefficient (Wildman–Crippen LogP) is 6.45. The van der Waals surface area contributed by atoms with Gasteiger partial charge in [-0.25, -0.2) is 9.97 Å². The zero-order valence-electron chi connectivity index (χ0n) is 18.8. The van der Waals surface area contributed by atoms with Crippen LogP contribution in [0.3, 0.4) is 0 Å². The second-order valence-electron chi connectivity index (χ2n) is 8.22. The summed E-state index contributed by atoms with van der Waals surface area (Å²) in [6.07, 6.45) is 3.65. The van der Waals surface area contributed by atoms with Gasteiger partial charge in [0.1, 0.15) is 23.4 Å². The molecule has 1 saturated heterocycles. The van der Waals surface area contributed by atoms with E-state index >= 15 is 0 Å². The highest BCUT2D eigenvalue weighted by atomic mass is 35.5. The summed E-state index contributed by atoms with van der Waals surface area (Å²) in [5, 5.41) is 12.5. The molecule has 0 saturated carbocycles. The Balaban J connectivity index is 0.00000141. The monoisotopic (exact) mass is 499 g/mol. The summed E-state index contributed by atoms with van der Waals surface area (Å²) in [4.78, 5) is 8.39. The third kappa shape index (κ3) is 5.38. The molecule has 1 fully saturated rings. The molecule has 1 aliphatic heterocycles. The van der Waals surface area contributed by atoms with Gasteiger partial charge in [0.15, 0.2) is 5.79 Å². The van der Waals surface area contributed by atoms with Gasteiger partial charge in [-0.05, 0) is 44.5 Å². The highest BCUT2D eigenvalue weighted by molar-refractivity contribution is 6.42. The van der Waals surface area contributed by atoms with Crippen LogP contribution in [0.5, 0.6) is 0 Å². The van der Waals surface area contributed by atoms with Crippen LogP contribution in [0.2, 0.25) is 15.2 Å². The second-order valence-corrected chi connectivity index (χ2v) is 9.39. The summed E-state index contributed by atoms with van der Waals surface area (Å²) >= 11 is 18.4. The first-order valence-electron chi connectivity index (χ1n) is 10.5. The maximum Gasteiger partial charge on any atom is 0.160 e. The van der Waals surface area contributed by atoms with Gasteiger partial charge in [0, 0.05) is 19.0 Å². The van der Waals surface area contributed by atoms with Gasteiger partial charge in [-0.15, -0.1) is 0 Å². The van der Waals surface area contributed by atoms with Crippen molar-refractivity contribution < 1.29 is 14.6 Å². The van der Waals surface area contributed by atoms with Crippen LogP contribution in [0.25, 0.3) is 11.0 Å². The van der Waals surface area contributed by atoms with Crippen LogP contribution in [-0.2, 0) is 15.9 Å². The molecule has 4 rings (SSSR count). The summed E-state index contributed by atoms with van der Waals surface area (Å²) in [6, 6.07) is 7.36. The molecule has 174 valence electrons. The molecule has 0 bridgehead atoms. The topological polar surface area (TPSA) is 69.4 Å². The molecular weight excluding hydrogens is 473 g/mol. The van der Waals surface area contributed by atoms with Gasteiger partial charge in [-0.2, -0.15) is 0 Å². The van der Waals surface area contributed by atoms with Gasteiger partial charge in [0.05, 0.1) is 27.1 Å². The van der Waals surface area contributed by atoms with E-state index in [0.717, 1.165) is 10.9 Å². The van der Waals surface area contributed by atoms with Crippen molar-refractivity contribution in [2.45, 2.75) is 71.2 Å². The Morgan fingerprint density at radius 3 is 2.56 bits per heavy atom. The number of aromatic nitrogens is 3. The predicted molar refractivity (Wildman–Crippen MR) is 128 cm³/mol. The number of ether oxygens (including phenoxy) is 2. The summed E-state index contributed by atoms with van der Waals surface area (Å²) in [7, 11) is 0. The van der Waals surface area contributed by atoms with Gasteiger partial charge in [0.25, 0.3) is 0 Å². The van der Waals surface area contributed by atoms with Crippen molar-refractivity contribution >= 4 is 45.8 Å². The largest absolute Gasteiger partial charge is 0.366 e. The first-order chi connectivity index (χ1) is 15.1. The van der Waals surface area contributed by atoms with Gasteiger partial charge < -0.3 is 19.1 Å².